The molecule has 9 N–H and O–H groups in total. The first-order valence-corrected chi connectivity index (χ1v) is 34.3. The number of aromatic nitrogens is 4. The molecule has 0 radical (unpaired) electrons. The number of hydrogen-bond donors (Lipinski definition) is 8. The number of aliphatic carboxylic acids is 1. The standard InChI is InChI=1S/C68H87N9O29S/c69-67-76-63-62(65(83)77-67)73-51(46-72-63)45-71-49-9-7-48(8-10-49)64(82)75-58(66(84)85)18-15-52(78)4-2-21-86-23-25-88-90-27-29-92-94-31-33-96-98-35-37-100-102-39-41-104-105-42-40-103-101-38-36-99-97-34-32-95-93-30-28-91-89-26-24-87-22-19-53(79)3-1-20-70-68(107)74-50-11-5-47(6-12-50)61-56-16-13-54(80)43-59(56)106-60-44-55(81)14-17-57(60)61/h5-14,16-17,43-44,46,58,71,80H,1-4,15,18-42,45H2,(H,75,82)(H,84,85)(H2,70,74,107)(H3,69,72,76,77,83)/t58-/m0/s1. The van der Waals surface area contributed by atoms with Gasteiger partial charge in [-0.2, -0.15) is 4.98 Å². The minimum atomic E-state index is -1.28. The van der Waals surface area contributed by atoms with Crippen LogP contribution in [-0.4, -0.2) is 217 Å². The molecule has 39 heteroatoms. The van der Waals surface area contributed by atoms with E-state index in [1.165, 1.54) is 36.5 Å². The van der Waals surface area contributed by atoms with Crippen molar-refractivity contribution in [2.45, 2.75) is 57.5 Å². The Morgan fingerprint density at radius 2 is 1.06 bits per heavy atom. The molecule has 0 saturated heterocycles. The molecule has 38 nitrogen and oxygen atoms in total. The lowest BCUT2D eigenvalue weighted by molar-refractivity contribution is -0.378. The van der Waals surface area contributed by atoms with E-state index in [1.807, 2.05) is 24.3 Å². The second-order valence-electron chi connectivity index (χ2n) is 22.1. The number of nitrogens with zero attached hydrogens (tertiary/aromatic N) is 3. The molecule has 2 aromatic heterocycles. The maximum Gasteiger partial charge on any atom is 0.326 e. The van der Waals surface area contributed by atoms with Crippen molar-refractivity contribution in [3.63, 3.8) is 0 Å². The summed E-state index contributed by atoms with van der Waals surface area (Å²) in [6, 6.07) is 22.2. The van der Waals surface area contributed by atoms with Crippen molar-refractivity contribution in [3.05, 3.63) is 123 Å². The molecule has 2 aliphatic rings. The number of ketones is 2. The lowest BCUT2D eigenvalue weighted by atomic mass is 9.93. The number of anilines is 3. The number of fused-ring (bicyclic) bond motifs is 3. The molecular weight excluding hydrogens is 1440 g/mol. The highest BCUT2D eigenvalue weighted by Gasteiger charge is 2.23. The first-order valence-electron chi connectivity index (χ1n) is 33.9. The highest BCUT2D eigenvalue weighted by molar-refractivity contribution is 7.80. The van der Waals surface area contributed by atoms with Crippen LogP contribution in [0.25, 0.3) is 44.6 Å². The third-order valence-corrected chi connectivity index (χ3v) is 14.3. The van der Waals surface area contributed by atoms with Crippen LogP contribution in [0.15, 0.2) is 105 Å². The monoisotopic (exact) mass is 1530 g/mol. The average molecular weight is 1530 g/mol. The van der Waals surface area contributed by atoms with E-state index in [9.17, 15) is 39.0 Å². The molecular formula is C68H87N9O29S. The van der Waals surface area contributed by atoms with E-state index in [0.717, 1.165) is 27.8 Å². The van der Waals surface area contributed by atoms with E-state index in [-0.39, 0.29) is 223 Å². The number of hydrogen-bond acceptors (Lipinski definition) is 34. The summed E-state index contributed by atoms with van der Waals surface area (Å²) < 4.78 is 16.9. The largest absolute Gasteiger partial charge is 0.508 e. The number of nitrogens with two attached hydrogens (primary N) is 1. The predicted molar refractivity (Wildman–Crippen MR) is 377 cm³/mol. The molecule has 5 aromatic rings. The molecule has 107 heavy (non-hydrogen) atoms. The Bertz CT molecular complexity index is 3840. The maximum absolute atomic E-state index is 12.8. The first-order chi connectivity index (χ1) is 52.3. The number of thiocarbonyl (C=S) groups is 1. The number of phenolic OH excluding ortho intramolecular Hbond substituents is 1. The third-order valence-electron chi connectivity index (χ3n) is 14.1. The normalized spacial score (nSPS) is 11.7. The highest BCUT2D eigenvalue weighted by atomic mass is 32.1. The summed E-state index contributed by atoms with van der Waals surface area (Å²) in [5, 5.41) is 32.8. The van der Waals surface area contributed by atoms with Crippen molar-refractivity contribution in [2.75, 3.05) is 168 Å². The lowest BCUT2D eigenvalue weighted by Crippen LogP contribution is -2.41. The van der Waals surface area contributed by atoms with E-state index in [0.29, 0.717) is 53.6 Å². The number of carboxylic acids is 1. The number of Topliss-reactive ketones (excluding diaryl/α,β-unsaturated/α-hetero) is 2. The van der Waals surface area contributed by atoms with Gasteiger partial charge in [-0.05, 0) is 97.7 Å². The van der Waals surface area contributed by atoms with Gasteiger partial charge in [0.1, 0.15) is 154 Å². The SMILES string of the molecule is Nc1nc2ncc(CNc3ccc(C(=O)N[C@@H](CCC(=O)CCCOCCOOCCOOCCOOCCOOCCOOCCOOCCOOCCOOCCOOCCOCCC(=O)CCCNC(=S)Nc4ccc(-c5c6ccc(=O)cc-6oc6cc(O)ccc56)cc4)C(=O)O)cc3)nc2c(=O)[nH]1. The molecule has 3 heterocycles. The molecule has 0 fully saturated rings. The number of nitrogen functional groups attached to an aromatic ring is 1. The molecule has 0 unspecified atom stereocenters. The summed E-state index contributed by atoms with van der Waals surface area (Å²) in [5.74, 6) is -1.60. The van der Waals surface area contributed by atoms with Crippen LogP contribution in [0, 0.1) is 0 Å². The van der Waals surface area contributed by atoms with Gasteiger partial charge in [0, 0.05) is 84.4 Å². The predicted octanol–water partition coefficient (Wildman–Crippen LogP) is 5.10. The van der Waals surface area contributed by atoms with Gasteiger partial charge in [0.15, 0.2) is 21.7 Å². The summed E-state index contributed by atoms with van der Waals surface area (Å²) in [4.78, 5) is 178. The van der Waals surface area contributed by atoms with E-state index >= 15 is 0 Å². The van der Waals surface area contributed by atoms with Crippen LogP contribution >= 0.6 is 12.2 Å². The lowest BCUT2D eigenvalue weighted by Gasteiger charge is -2.16. The smallest absolute Gasteiger partial charge is 0.326 e. The molecule has 0 bridgehead atoms. The number of aromatic amines is 1. The number of amides is 1. The summed E-state index contributed by atoms with van der Waals surface area (Å²) in [6.07, 6.45) is 3.08. The van der Waals surface area contributed by atoms with Crippen LogP contribution in [0.3, 0.4) is 0 Å². The molecule has 1 aliphatic heterocycles. The average Bonchev–Trinajstić information content (AvgIpc) is 0.758. The minimum absolute atomic E-state index is 0.0400. The molecule has 3 aromatic carbocycles. The van der Waals surface area contributed by atoms with Crippen LogP contribution in [0.4, 0.5) is 17.3 Å². The van der Waals surface area contributed by atoms with Gasteiger partial charge in [-0.1, -0.05) is 12.1 Å². The Morgan fingerprint density at radius 3 is 1.60 bits per heavy atom. The quantitative estimate of drug-likeness (QED) is 0.00808. The van der Waals surface area contributed by atoms with Crippen molar-refractivity contribution in [3.8, 4) is 28.2 Å². The van der Waals surface area contributed by atoms with Gasteiger partial charge < -0.3 is 51.1 Å². The number of phenols is 1. The van der Waals surface area contributed by atoms with Crippen LogP contribution in [0.1, 0.15) is 61.0 Å². The van der Waals surface area contributed by atoms with E-state index < -0.39 is 23.5 Å². The Labute approximate surface area is 616 Å². The van der Waals surface area contributed by atoms with Crippen LogP contribution in [-0.2, 0) is 118 Å². The number of H-pyrrole nitrogens is 1. The molecule has 7 rings (SSSR count). The van der Waals surface area contributed by atoms with E-state index in [2.05, 4.69) is 41.2 Å². The summed E-state index contributed by atoms with van der Waals surface area (Å²) in [6.45, 7) is 3.05. The highest BCUT2D eigenvalue weighted by Crippen LogP contribution is 2.41. The number of nitrogens with one attached hydrogen (secondary N) is 5. The van der Waals surface area contributed by atoms with Gasteiger partial charge in [0.2, 0.25) is 5.95 Å². The number of carboxylic acid groups (broad SMARTS) is 1. The fourth-order valence-corrected chi connectivity index (χ4v) is 9.37. The van der Waals surface area contributed by atoms with Gasteiger partial charge in [-0.3, -0.25) is 29.0 Å². The Hall–Kier alpha value is -8.86. The van der Waals surface area contributed by atoms with Crippen LogP contribution < -0.4 is 38.0 Å². The Balaban J connectivity index is 0.519. The second kappa shape index (κ2) is 51.4. The van der Waals surface area contributed by atoms with Gasteiger partial charge in [-0.15, -0.1) is 0 Å². The number of carbonyl (C=O) groups excluding carboxylic acids is 3. The molecule has 0 saturated carbocycles. The number of rotatable bonds is 61. The summed E-state index contributed by atoms with van der Waals surface area (Å²) in [5.41, 5.74) is 10.0. The summed E-state index contributed by atoms with van der Waals surface area (Å²) in [7, 11) is 0. The Kier molecular flexibility index (Phi) is 41.0. The number of benzene rings is 4. The molecule has 1 aliphatic carbocycles. The van der Waals surface area contributed by atoms with Crippen molar-refractivity contribution >= 4 is 80.2 Å². The topological polar surface area (TPSA) is 469 Å². The zero-order valence-corrected chi connectivity index (χ0v) is 59.2. The van der Waals surface area contributed by atoms with Gasteiger partial charge in [0.05, 0.1) is 38.3 Å². The van der Waals surface area contributed by atoms with Crippen molar-refractivity contribution in [1.82, 2.24) is 30.6 Å². The second-order valence-corrected chi connectivity index (χ2v) is 22.6. The zero-order chi connectivity index (χ0) is 75.7. The van der Waals surface area contributed by atoms with Gasteiger partial charge in [-0.25, -0.2) is 103 Å². The fraction of sp³-hybridized carbons (Fsp3) is 0.471. The Morgan fingerprint density at radius 1 is 0.551 bits per heavy atom. The molecule has 1 amide bonds. The van der Waals surface area contributed by atoms with Crippen molar-refractivity contribution < 1.29 is 131 Å². The first kappa shape index (κ1) is 85.4. The third kappa shape index (κ3) is 34.7. The molecule has 584 valence electrons. The van der Waals surface area contributed by atoms with E-state index in [1.54, 1.807) is 30.3 Å². The van der Waals surface area contributed by atoms with Gasteiger partial charge >= 0.3 is 5.97 Å². The molecule has 1 atom stereocenters. The van der Waals surface area contributed by atoms with Gasteiger partial charge in [0.25, 0.3) is 11.5 Å². The maximum atomic E-state index is 12.8. The van der Waals surface area contributed by atoms with E-state index in [4.69, 9.17) is 120 Å². The van der Waals surface area contributed by atoms with Crippen LogP contribution in [0.2, 0.25) is 0 Å². The fourth-order valence-electron chi connectivity index (χ4n) is 9.15. The number of ether oxygens (including phenoxy) is 2. The summed E-state index contributed by atoms with van der Waals surface area (Å²) >= 11 is 5.46. The van der Waals surface area contributed by atoms with Crippen molar-refractivity contribution in [1.29, 1.82) is 0 Å². The van der Waals surface area contributed by atoms with Crippen LogP contribution in [0.5, 0.6) is 5.75 Å². The van der Waals surface area contributed by atoms with Crippen molar-refractivity contribution in [2.24, 2.45) is 0 Å². The number of aromatic hydroxyl groups is 1. The zero-order valence-electron chi connectivity index (χ0n) is 58.4. The minimum Gasteiger partial charge on any atom is -0.508 e. The molecule has 0 spiro atoms. The number of carbonyl (C=O) groups is 4.